The molecule has 7 nitrogen and oxygen atoms in total. The fourth-order valence-corrected chi connectivity index (χ4v) is 3.97. The summed E-state index contributed by atoms with van der Waals surface area (Å²) in [6, 6.07) is 27.6. The van der Waals surface area contributed by atoms with E-state index in [1.165, 1.54) is 24.8 Å². The van der Waals surface area contributed by atoms with Crippen molar-refractivity contribution in [3.05, 3.63) is 102 Å². The van der Waals surface area contributed by atoms with E-state index in [0.717, 1.165) is 41.7 Å². The van der Waals surface area contributed by atoms with Crippen molar-refractivity contribution < 1.29 is 9.53 Å². The van der Waals surface area contributed by atoms with Gasteiger partial charge in [0.2, 0.25) is 12.4 Å². The Morgan fingerprint density at radius 1 is 0.892 bits per heavy atom. The highest BCUT2D eigenvalue weighted by Crippen LogP contribution is 2.25. The summed E-state index contributed by atoms with van der Waals surface area (Å²) < 4.78 is 5.89. The highest BCUT2D eigenvalue weighted by molar-refractivity contribution is 5.57. The van der Waals surface area contributed by atoms with Gasteiger partial charge in [0.1, 0.15) is 17.3 Å². The van der Waals surface area contributed by atoms with Crippen molar-refractivity contribution in [3.8, 4) is 11.5 Å². The van der Waals surface area contributed by atoms with Gasteiger partial charge in [0.25, 0.3) is 0 Å². The zero-order valence-corrected chi connectivity index (χ0v) is 21.1. The number of hydrogen-bond donors (Lipinski definition) is 2. The molecule has 7 heteroatoms. The van der Waals surface area contributed by atoms with Crippen molar-refractivity contribution in [1.29, 1.82) is 0 Å². The minimum atomic E-state index is 0.602. The van der Waals surface area contributed by atoms with E-state index < -0.39 is 0 Å². The molecule has 5 rings (SSSR count). The summed E-state index contributed by atoms with van der Waals surface area (Å²) in [5, 5.41) is 5.88. The lowest BCUT2D eigenvalue weighted by atomic mass is 10.1. The molecule has 2 heterocycles. The van der Waals surface area contributed by atoms with E-state index >= 15 is 0 Å². The minimum Gasteiger partial charge on any atom is -0.457 e. The Hall–Kier alpha value is -4.39. The lowest BCUT2D eigenvalue weighted by Crippen LogP contribution is -2.30. The van der Waals surface area contributed by atoms with E-state index in [1.54, 1.807) is 0 Å². The minimum absolute atomic E-state index is 0.602. The second kappa shape index (κ2) is 13.6. The fourth-order valence-electron chi connectivity index (χ4n) is 3.97. The van der Waals surface area contributed by atoms with Crippen LogP contribution in [-0.2, 0) is 11.3 Å². The van der Waals surface area contributed by atoms with Crippen molar-refractivity contribution in [1.82, 2.24) is 15.3 Å². The Bertz CT molecular complexity index is 1240. The van der Waals surface area contributed by atoms with E-state index in [2.05, 4.69) is 25.5 Å². The summed E-state index contributed by atoms with van der Waals surface area (Å²) in [7, 11) is 0. The number of anilines is 3. The third-order valence-corrected chi connectivity index (χ3v) is 5.90. The molecule has 0 aliphatic carbocycles. The van der Waals surface area contributed by atoms with Crippen LogP contribution in [0.1, 0.15) is 30.4 Å². The van der Waals surface area contributed by atoms with E-state index in [1.807, 2.05) is 98.0 Å². The van der Waals surface area contributed by atoms with E-state index in [-0.39, 0.29) is 0 Å². The number of hydrogen-bond acceptors (Lipinski definition) is 6. The van der Waals surface area contributed by atoms with E-state index in [0.29, 0.717) is 18.9 Å². The Balaban J connectivity index is 0.000000245. The molecule has 0 saturated carbocycles. The largest absolute Gasteiger partial charge is 0.457 e. The summed E-state index contributed by atoms with van der Waals surface area (Å²) in [5.41, 5.74) is 3.26. The van der Waals surface area contributed by atoms with Crippen LogP contribution in [0.3, 0.4) is 0 Å². The number of piperidine rings is 1. The number of para-hydroxylation sites is 1. The van der Waals surface area contributed by atoms with Gasteiger partial charge in [-0.25, -0.2) is 4.98 Å². The molecule has 0 unspecified atom stereocenters. The van der Waals surface area contributed by atoms with Crippen LogP contribution in [0.2, 0.25) is 0 Å². The second-order valence-electron chi connectivity index (χ2n) is 8.84. The van der Waals surface area contributed by atoms with Crippen LogP contribution in [0.15, 0.2) is 91.1 Å². The summed E-state index contributed by atoms with van der Waals surface area (Å²) in [6.45, 7) is 4.79. The summed E-state index contributed by atoms with van der Waals surface area (Å²) in [6.07, 6.45) is 6.28. The van der Waals surface area contributed by atoms with Crippen LogP contribution in [0.4, 0.5) is 17.5 Å². The number of carbonyl (C=O) groups is 1. The van der Waals surface area contributed by atoms with Crippen LogP contribution in [0.5, 0.6) is 11.5 Å². The average molecular weight is 496 g/mol. The van der Waals surface area contributed by atoms with Gasteiger partial charge in [-0.1, -0.05) is 54.1 Å². The maximum atomic E-state index is 9.93. The smallest absolute Gasteiger partial charge is 0.229 e. The number of benzene rings is 3. The van der Waals surface area contributed by atoms with Gasteiger partial charge in [0.15, 0.2) is 0 Å². The lowest BCUT2D eigenvalue weighted by molar-refractivity contribution is -0.109. The molecule has 1 amide bonds. The van der Waals surface area contributed by atoms with Gasteiger partial charge in [-0.2, -0.15) is 4.98 Å². The monoisotopic (exact) mass is 495 g/mol. The highest BCUT2D eigenvalue weighted by Gasteiger charge is 2.13. The molecule has 3 aromatic carbocycles. The van der Waals surface area contributed by atoms with Crippen LogP contribution >= 0.6 is 0 Å². The van der Waals surface area contributed by atoms with Gasteiger partial charge in [-0.3, -0.25) is 4.79 Å². The molecule has 0 atom stereocenters. The van der Waals surface area contributed by atoms with Crippen molar-refractivity contribution in [2.24, 2.45) is 0 Å². The number of carbonyl (C=O) groups excluding carboxylic acids is 1. The molecule has 2 N–H and O–H groups in total. The van der Waals surface area contributed by atoms with E-state index in [9.17, 15) is 4.79 Å². The Morgan fingerprint density at radius 3 is 2.41 bits per heavy atom. The van der Waals surface area contributed by atoms with Crippen LogP contribution in [0, 0.1) is 6.92 Å². The van der Waals surface area contributed by atoms with Crippen LogP contribution < -0.4 is 20.3 Å². The maximum Gasteiger partial charge on any atom is 0.229 e. The molecule has 1 aliphatic rings. The third kappa shape index (κ3) is 8.35. The van der Waals surface area contributed by atoms with Gasteiger partial charge in [-0.15, -0.1) is 0 Å². The molecule has 0 spiro atoms. The first kappa shape index (κ1) is 25.7. The third-order valence-electron chi connectivity index (χ3n) is 5.90. The summed E-state index contributed by atoms with van der Waals surface area (Å²) in [4.78, 5) is 21.3. The molecule has 190 valence electrons. The maximum absolute atomic E-state index is 9.93. The van der Waals surface area contributed by atoms with Gasteiger partial charge in [0, 0.05) is 37.6 Å². The molecule has 1 aromatic heterocycles. The molecule has 37 heavy (non-hydrogen) atoms. The number of aromatic nitrogens is 2. The molecule has 4 aromatic rings. The van der Waals surface area contributed by atoms with Gasteiger partial charge >= 0.3 is 0 Å². The number of rotatable bonds is 8. The number of nitrogens with one attached hydrogen (secondary N) is 2. The zero-order valence-electron chi connectivity index (χ0n) is 21.1. The first-order valence-corrected chi connectivity index (χ1v) is 12.6. The SMILES string of the molecule is Cc1ccc(CNC=O)cc1.c1ccc(Oc2cccc(Nc3nccc(N4CCCCC4)n3)c2)cc1. The Labute approximate surface area is 218 Å². The molecular formula is C30H33N5O2. The number of amides is 1. The molecule has 1 aliphatic heterocycles. The predicted molar refractivity (Wildman–Crippen MR) is 148 cm³/mol. The molecule has 1 saturated heterocycles. The second-order valence-corrected chi connectivity index (χ2v) is 8.84. The van der Waals surface area contributed by atoms with Crippen molar-refractivity contribution >= 4 is 23.9 Å². The number of aryl methyl sites for hydroxylation is 1. The summed E-state index contributed by atoms with van der Waals surface area (Å²) in [5.74, 6) is 3.17. The highest BCUT2D eigenvalue weighted by atomic mass is 16.5. The van der Waals surface area contributed by atoms with Gasteiger partial charge in [0.05, 0.1) is 0 Å². The first-order chi connectivity index (χ1) is 18.2. The van der Waals surface area contributed by atoms with Crippen molar-refractivity contribution in [3.63, 3.8) is 0 Å². The molecular weight excluding hydrogens is 462 g/mol. The predicted octanol–water partition coefficient (Wildman–Crippen LogP) is 6.24. The molecule has 1 fully saturated rings. The fraction of sp³-hybridized carbons (Fsp3) is 0.233. The van der Waals surface area contributed by atoms with Crippen LogP contribution in [-0.4, -0.2) is 29.5 Å². The standard InChI is InChI=1S/C21H22N4O.C9H11NO/c1-3-9-18(10-4-1)26-19-11-7-8-17(16-19)23-21-22-13-12-20(24-21)25-14-5-2-6-15-25;1-8-2-4-9(5-3-8)6-10-7-11/h1,3-4,7-13,16H,2,5-6,14-15H2,(H,22,23,24);2-5,7H,6H2,1H3,(H,10,11). The number of nitrogens with zero attached hydrogens (tertiary/aromatic N) is 3. The molecule has 0 bridgehead atoms. The normalized spacial score (nSPS) is 12.6. The Morgan fingerprint density at radius 2 is 1.65 bits per heavy atom. The quantitative estimate of drug-likeness (QED) is 0.282. The first-order valence-electron chi connectivity index (χ1n) is 12.6. The topological polar surface area (TPSA) is 79.4 Å². The van der Waals surface area contributed by atoms with Gasteiger partial charge in [-0.05, 0) is 62.1 Å². The van der Waals surface area contributed by atoms with Gasteiger partial charge < -0.3 is 20.3 Å². The van der Waals surface area contributed by atoms with E-state index in [4.69, 9.17) is 4.74 Å². The average Bonchev–Trinajstić information content (AvgIpc) is 2.95. The summed E-state index contributed by atoms with van der Waals surface area (Å²) >= 11 is 0. The lowest BCUT2D eigenvalue weighted by Gasteiger charge is -2.27. The zero-order chi connectivity index (χ0) is 25.7. The van der Waals surface area contributed by atoms with Crippen molar-refractivity contribution in [2.45, 2.75) is 32.7 Å². The van der Waals surface area contributed by atoms with Crippen molar-refractivity contribution in [2.75, 3.05) is 23.3 Å². The molecule has 0 radical (unpaired) electrons. The Kier molecular flexibility index (Phi) is 9.47. The number of ether oxygens (including phenoxy) is 1. The van der Waals surface area contributed by atoms with Crippen LogP contribution in [0.25, 0.3) is 0 Å².